The highest BCUT2D eigenvalue weighted by Crippen LogP contribution is 2.29. The van der Waals surface area contributed by atoms with Crippen LogP contribution < -0.4 is 5.32 Å². The Labute approximate surface area is 89.9 Å². The maximum Gasteiger partial charge on any atom is 0.416 e. The van der Waals surface area contributed by atoms with Gasteiger partial charge in [-0.05, 0) is 31.2 Å². The van der Waals surface area contributed by atoms with Gasteiger partial charge in [0.25, 0.3) is 0 Å². The number of nitrogens with one attached hydrogen (secondary N) is 1. The Balaban J connectivity index is 2.76. The van der Waals surface area contributed by atoms with E-state index in [-0.39, 0.29) is 0 Å². The molecule has 0 unspecified atom stereocenters. The van der Waals surface area contributed by atoms with Crippen molar-refractivity contribution in [3.8, 4) is 0 Å². The van der Waals surface area contributed by atoms with Crippen LogP contribution in [0.15, 0.2) is 24.3 Å². The Morgan fingerprint density at radius 3 is 2.19 bits per heavy atom. The van der Waals surface area contributed by atoms with Crippen molar-refractivity contribution in [1.82, 2.24) is 0 Å². The van der Waals surface area contributed by atoms with E-state index in [1.165, 1.54) is 19.1 Å². The first-order chi connectivity index (χ1) is 7.30. The van der Waals surface area contributed by atoms with Crippen LogP contribution in [0, 0.1) is 0 Å². The van der Waals surface area contributed by atoms with Gasteiger partial charge in [0, 0.05) is 5.69 Å². The molecule has 1 rings (SSSR count). The highest BCUT2D eigenvalue weighted by molar-refractivity contribution is 5.76. The predicted octanol–water partition coefficient (Wildman–Crippen LogP) is 2.59. The number of carbonyl (C=O) groups is 1. The molecule has 3 nitrogen and oxygen atoms in total. The first kappa shape index (κ1) is 12.4. The fraction of sp³-hybridized carbons (Fsp3) is 0.300. The average molecular weight is 233 g/mol. The van der Waals surface area contributed by atoms with E-state index in [0.717, 1.165) is 12.1 Å². The normalized spacial score (nSPS) is 13.2. The lowest BCUT2D eigenvalue weighted by atomic mass is 10.2. The number of benzene rings is 1. The summed E-state index contributed by atoms with van der Waals surface area (Å²) in [5, 5.41) is 11.1. The second-order valence-electron chi connectivity index (χ2n) is 3.28. The summed E-state index contributed by atoms with van der Waals surface area (Å²) >= 11 is 0. The number of alkyl halides is 3. The molecule has 1 aromatic rings. The Bertz CT molecular complexity index is 373. The van der Waals surface area contributed by atoms with Gasteiger partial charge in [-0.2, -0.15) is 13.2 Å². The maximum absolute atomic E-state index is 12.2. The molecule has 16 heavy (non-hydrogen) atoms. The molecule has 1 atom stereocenters. The number of carboxylic acids is 1. The second-order valence-corrected chi connectivity index (χ2v) is 3.28. The zero-order valence-electron chi connectivity index (χ0n) is 8.38. The lowest BCUT2D eigenvalue weighted by Crippen LogP contribution is -2.25. The number of carboxylic acid groups (broad SMARTS) is 1. The van der Waals surface area contributed by atoms with Crippen LogP contribution in [0.25, 0.3) is 0 Å². The van der Waals surface area contributed by atoms with Crippen molar-refractivity contribution in [2.75, 3.05) is 5.32 Å². The topological polar surface area (TPSA) is 49.3 Å². The van der Waals surface area contributed by atoms with Gasteiger partial charge in [0.2, 0.25) is 0 Å². The molecule has 1 aromatic carbocycles. The fourth-order valence-corrected chi connectivity index (χ4v) is 1.07. The van der Waals surface area contributed by atoms with E-state index in [2.05, 4.69) is 5.32 Å². The van der Waals surface area contributed by atoms with Crippen molar-refractivity contribution in [2.24, 2.45) is 0 Å². The third kappa shape index (κ3) is 3.15. The molecule has 0 heterocycles. The Kier molecular flexibility index (Phi) is 3.41. The Morgan fingerprint density at radius 1 is 1.31 bits per heavy atom. The van der Waals surface area contributed by atoms with Crippen LogP contribution in [0.3, 0.4) is 0 Å². The molecule has 0 aliphatic rings. The van der Waals surface area contributed by atoms with Gasteiger partial charge < -0.3 is 10.4 Å². The van der Waals surface area contributed by atoms with E-state index >= 15 is 0 Å². The first-order valence-electron chi connectivity index (χ1n) is 4.47. The highest BCUT2D eigenvalue weighted by atomic mass is 19.4. The van der Waals surface area contributed by atoms with E-state index in [4.69, 9.17) is 5.11 Å². The van der Waals surface area contributed by atoms with Gasteiger partial charge in [0.1, 0.15) is 6.04 Å². The number of rotatable bonds is 3. The van der Waals surface area contributed by atoms with Crippen LogP contribution in [0.5, 0.6) is 0 Å². The third-order valence-electron chi connectivity index (χ3n) is 1.97. The molecule has 0 amide bonds. The Hall–Kier alpha value is -1.72. The van der Waals surface area contributed by atoms with Crippen molar-refractivity contribution in [2.45, 2.75) is 19.1 Å². The van der Waals surface area contributed by atoms with E-state index in [1.807, 2.05) is 0 Å². The third-order valence-corrected chi connectivity index (χ3v) is 1.97. The number of hydrogen-bond acceptors (Lipinski definition) is 2. The minimum absolute atomic E-state index is 0.336. The number of hydrogen-bond donors (Lipinski definition) is 2. The summed E-state index contributed by atoms with van der Waals surface area (Å²) in [5.74, 6) is -1.07. The van der Waals surface area contributed by atoms with E-state index in [1.54, 1.807) is 0 Å². The quantitative estimate of drug-likeness (QED) is 0.843. The van der Waals surface area contributed by atoms with E-state index in [9.17, 15) is 18.0 Å². The van der Waals surface area contributed by atoms with Crippen LogP contribution in [0.1, 0.15) is 12.5 Å². The summed E-state index contributed by atoms with van der Waals surface area (Å²) < 4.78 is 36.6. The van der Waals surface area contributed by atoms with Crippen LogP contribution in [0.2, 0.25) is 0 Å². The zero-order chi connectivity index (χ0) is 12.3. The molecule has 0 aliphatic heterocycles. The van der Waals surface area contributed by atoms with Crippen molar-refractivity contribution >= 4 is 11.7 Å². The second kappa shape index (κ2) is 4.42. The van der Waals surface area contributed by atoms with Gasteiger partial charge >= 0.3 is 12.1 Å². The molecule has 0 fully saturated rings. The van der Waals surface area contributed by atoms with Gasteiger partial charge in [-0.15, -0.1) is 0 Å². The molecule has 0 spiro atoms. The van der Waals surface area contributed by atoms with Crippen LogP contribution in [0.4, 0.5) is 18.9 Å². The molecular weight excluding hydrogens is 223 g/mol. The van der Waals surface area contributed by atoms with E-state index < -0.39 is 23.8 Å². The van der Waals surface area contributed by atoms with Gasteiger partial charge in [-0.1, -0.05) is 0 Å². The molecule has 0 aromatic heterocycles. The SMILES string of the molecule is C[C@H](Nc1ccc(C(F)(F)F)cc1)C(=O)O. The van der Waals surface area contributed by atoms with Crippen LogP contribution in [-0.2, 0) is 11.0 Å². The van der Waals surface area contributed by atoms with Crippen LogP contribution >= 0.6 is 0 Å². The number of aliphatic carboxylic acids is 1. The zero-order valence-corrected chi connectivity index (χ0v) is 8.38. The molecule has 0 radical (unpaired) electrons. The molecule has 0 saturated carbocycles. The molecule has 6 heteroatoms. The summed E-state index contributed by atoms with van der Waals surface area (Å²) in [7, 11) is 0. The minimum atomic E-state index is -4.38. The monoisotopic (exact) mass is 233 g/mol. The summed E-state index contributed by atoms with van der Waals surface area (Å²) in [4.78, 5) is 10.5. The maximum atomic E-state index is 12.2. The molecule has 88 valence electrons. The summed E-state index contributed by atoms with van der Waals surface area (Å²) in [6.07, 6.45) is -4.38. The lowest BCUT2D eigenvalue weighted by molar-refractivity contribution is -0.138. The largest absolute Gasteiger partial charge is 0.480 e. The fourth-order valence-electron chi connectivity index (χ4n) is 1.07. The summed E-state index contributed by atoms with van der Waals surface area (Å²) in [6.45, 7) is 1.40. The Morgan fingerprint density at radius 2 is 1.81 bits per heavy atom. The van der Waals surface area contributed by atoms with Gasteiger partial charge in [0.15, 0.2) is 0 Å². The molecule has 0 aliphatic carbocycles. The molecule has 0 saturated heterocycles. The first-order valence-corrected chi connectivity index (χ1v) is 4.47. The highest BCUT2D eigenvalue weighted by Gasteiger charge is 2.29. The molecular formula is C10H10F3NO2. The standard InChI is InChI=1S/C10H10F3NO2/c1-6(9(15)16)14-8-4-2-7(3-5-8)10(11,12)13/h2-6,14H,1H3,(H,15,16)/t6-/m0/s1. The van der Waals surface area contributed by atoms with Gasteiger partial charge in [-0.25, -0.2) is 0 Å². The van der Waals surface area contributed by atoms with Crippen molar-refractivity contribution in [3.05, 3.63) is 29.8 Å². The molecule has 2 N–H and O–H groups in total. The smallest absolute Gasteiger partial charge is 0.416 e. The van der Waals surface area contributed by atoms with Crippen molar-refractivity contribution in [3.63, 3.8) is 0 Å². The van der Waals surface area contributed by atoms with Gasteiger partial charge in [-0.3, -0.25) is 4.79 Å². The van der Waals surface area contributed by atoms with Crippen molar-refractivity contribution < 1.29 is 23.1 Å². The minimum Gasteiger partial charge on any atom is -0.480 e. The predicted molar refractivity (Wildman–Crippen MR) is 52.2 cm³/mol. The summed E-state index contributed by atoms with van der Waals surface area (Å²) in [6, 6.07) is 3.34. The van der Waals surface area contributed by atoms with E-state index in [0.29, 0.717) is 5.69 Å². The number of halogens is 3. The van der Waals surface area contributed by atoms with Crippen LogP contribution in [-0.4, -0.2) is 17.1 Å². The molecule has 0 bridgehead atoms. The van der Waals surface area contributed by atoms with Crippen molar-refractivity contribution in [1.29, 1.82) is 0 Å². The van der Waals surface area contributed by atoms with Gasteiger partial charge in [0.05, 0.1) is 5.56 Å². The average Bonchev–Trinajstić information content (AvgIpc) is 2.17. The lowest BCUT2D eigenvalue weighted by Gasteiger charge is -2.12. The number of anilines is 1. The summed E-state index contributed by atoms with van der Waals surface area (Å²) in [5.41, 5.74) is -0.427.